The second-order valence-corrected chi connectivity index (χ2v) is 11.5. The van der Waals surface area contributed by atoms with E-state index in [9.17, 15) is 13.2 Å². The van der Waals surface area contributed by atoms with Crippen LogP contribution in [-0.4, -0.2) is 65.5 Å². The highest BCUT2D eigenvalue weighted by atomic mass is 32.2. The van der Waals surface area contributed by atoms with Gasteiger partial charge in [-0.3, -0.25) is 9.78 Å². The Bertz CT molecular complexity index is 1500. The number of benzene rings is 1. The van der Waals surface area contributed by atoms with Crippen molar-refractivity contribution in [3.8, 4) is 0 Å². The first kappa shape index (κ1) is 24.9. The van der Waals surface area contributed by atoms with E-state index < -0.39 is 9.84 Å². The number of carbonyl (C=O) groups is 1. The van der Waals surface area contributed by atoms with E-state index in [0.29, 0.717) is 19.6 Å². The molecular formula is C26H29BN6O3S. The van der Waals surface area contributed by atoms with Crippen LogP contribution in [0.3, 0.4) is 0 Å². The predicted octanol–water partition coefficient (Wildman–Crippen LogP) is 1.56. The number of anilines is 1. The van der Waals surface area contributed by atoms with E-state index in [0.717, 1.165) is 41.0 Å². The maximum absolute atomic E-state index is 13.0. The zero-order valence-electron chi connectivity index (χ0n) is 20.7. The lowest BCUT2D eigenvalue weighted by Gasteiger charge is -2.33. The number of sulfone groups is 1. The Balaban J connectivity index is 1.30. The molecule has 5 rings (SSSR count). The lowest BCUT2D eigenvalue weighted by Crippen LogP contribution is -2.40. The Hall–Kier alpha value is -3.73. The van der Waals surface area contributed by atoms with Gasteiger partial charge in [-0.15, -0.1) is 0 Å². The van der Waals surface area contributed by atoms with Gasteiger partial charge < -0.3 is 10.2 Å². The Kier molecular flexibility index (Phi) is 7.23. The fourth-order valence-corrected chi connectivity index (χ4v) is 5.94. The molecule has 1 amide bonds. The van der Waals surface area contributed by atoms with Crippen molar-refractivity contribution < 1.29 is 13.2 Å². The molecular weight excluding hydrogens is 487 g/mol. The molecule has 3 aromatic heterocycles. The van der Waals surface area contributed by atoms with Crippen LogP contribution in [0.1, 0.15) is 36.4 Å². The van der Waals surface area contributed by atoms with E-state index in [-0.39, 0.29) is 28.9 Å². The Morgan fingerprint density at radius 3 is 2.76 bits per heavy atom. The number of carbonyl (C=O) groups excluding carboxylic acids is 1. The monoisotopic (exact) mass is 516 g/mol. The Morgan fingerprint density at radius 1 is 1.14 bits per heavy atom. The second kappa shape index (κ2) is 10.7. The van der Waals surface area contributed by atoms with Crippen LogP contribution in [-0.2, 0) is 21.2 Å². The lowest BCUT2D eigenvalue weighted by atomic mass is 9.93. The van der Waals surface area contributed by atoms with Crippen molar-refractivity contribution in [1.29, 1.82) is 0 Å². The first-order chi connectivity index (χ1) is 17.9. The van der Waals surface area contributed by atoms with Gasteiger partial charge in [0.15, 0.2) is 15.5 Å². The minimum Gasteiger partial charge on any atom is -0.366 e. The SMILES string of the molecule is Bc1cnn2c(NCc3cccnc3)cc(C3CCCN(C(=O)CCS(=O)(=O)c4ccccc4)C3)nc12. The third-order valence-corrected chi connectivity index (χ3v) is 8.48. The third kappa shape index (κ3) is 5.66. The molecule has 0 aliphatic carbocycles. The largest absolute Gasteiger partial charge is 0.366 e. The summed E-state index contributed by atoms with van der Waals surface area (Å²) in [7, 11) is -1.52. The molecule has 1 aliphatic rings. The van der Waals surface area contributed by atoms with Gasteiger partial charge in [-0.25, -0.2) is 13.4 Å². The average molecular weight is 516 g/mol. The highest BCUT2D eigenvalue weighted by molar-refractivity contribution is 7.91. The van der Waals surface area contributed by atoms with Gasteiger partial charge in [0.05, 0.1) is 16.3 Å². The molecule has 1 atom stereocenters. The smallest absolute Gasteiger partial charge is 0.223 e. The summed E-state index contributed by atoms with van der Waals surface area (Å²) < 4.78 is 27.1. The van der Waals surface area contributed by atoms with Gasteiger partial charge in [0, 0.05) is 56.6 Å². The number of pyridine rings is 1. The van der Waals surface area contributed by atoms with E-state index in [1.165, 1.54) is 0 Å². The molecule has 190 valence electrons. The molecule has 4 heterocycles. The summed E-state index contributed by atoms with van der Waals surface area (Å²) in [5, 5.41) is 7.94. The Labute approximate surface area is 217 Å². The van der Waals surface area contributed by atoms with Crippen LogP contribution in [0, 0.1) is 0 Å². The maximum Gasteiger partial charge on any atom is 0.223 e. The quantitative estimate of drug-likeness (QED) is 0.354. The van der Waals surface area contributed by atoms with Crippen LogP contribution < -0.4 is 10.8 Å². The first-order valence-electron chi connectivity index (χ1n) is 12.4. The minimum absolute atomic E-state index is 0.0317. The normalized spacial score (nSPS) is 16.1. The molecule has 0 saturated carbocycles. The van der Waals surface area contributed by atoms with Crippen molar-refractivity contribution in [2.45, 2.75) is 36.6 Å². The number of amides is 1. The van der Waals surface area contributed by atoms with Crippen molar-refractivity contribution in [1.82, 2.24) is 24.5 Å². The molecule has 1 aromatic carbocycles. The molecule has 11 heteroatoms. The van der Waals surface area contributed by atoms with E-state index in [1.807, 2.05) is 32.2 Å². The zero-order chi connectivity index (χ0) is 25.8. The minimum atomic E-state index is -3.50. The van der Waals surface area contributed by atoms with Crippen molar-refractivity contribution in [3.63, 3.8) is 0 Å². The highest BCUT2D eigenvalue weighted by Gasteiger charge is 2.28. The van der Waals surface area contributed by atoms with Crippen LogP contribution in [0.15, 0.2) is 72.0 Å². The Morgan fingerprint density at radius 2 is 1.97 bits per heavy atom. The molecule has 0 bridgehead atoms. The topological polar surface area (TPSA) is 110 Å². The van der Waals surface area contributed by atoms with Gasteiger partial charge >= 0.3 is 0 Å². The van der Waals surface area contributed by atoms with Gasteiger partial charge in [-0.1, -0.05) is 24.3 Å². The maximum atomic E-state index is 13.0. The zero-order valence-corrected chi connectivity index (χ0v) is 21.6. The van der Waals surface area contributed by atoms with E-state index in [2.05, 4.69) is 15.4 Å². The number of aromatic nitrogens is 4. The molecule has 4 aromatic rings. The molecule has 0 radical (unpaired) electrons. The lowest BCUT2D eigenvalue weighted by molar-refractivity contribution is -0.132. The summed E-state index contributed by atoms with van der Waals surface area (Å²) in [6.45, 7) is 1.74. The summed E-state index contributed by atoms with van der Waals surface area (Å²) in [5.74, 6) is 0.551. The number of piperidine rings is 1. The van der Waals surface area contributed by atoms with Crippen molar-refractivity contribution >= 4 is 40.5 Å². The van der Waals surface area contributed by atoms with Gasteiger partial charge in [0.1, 0.15) is 13.7 Å². The number of hydrogen-bond donors (Lipinski definition) is 1. The van der Waals surface area contributed by atoms with Crippen LogP contribution in [0.2, 0.25) is 0 Å². The summed E-state index contributed by atoms with van der Waals surface area (Å²) in [6, 6.07) is 14.2. The fraction of sp³-hybridized carbons (Fsp3) is 0.308. The van der Waals surface area contributed by atoms with Crippen molar-refractivity contribution in [2.24, 2.45) is 0 Å². The number of rotatable bonds is 8. The highest BCUT2D eigenvalue weighted by Crippen LogP contribution is 2.28. The van der Waals surface area contributed by atoms with E-state index >= 15 is 0 Å². The molecule has 9 nitrogen and oxygen atoms in total. The number of hydrogen-bond acceptors (Lipinski definition) is 7. The number of likely N-dealkylation sites (tertiary alicyclic amines) is 1. The number of nitrogens with zero attached hydrogens (tertiary/aromatic N) is 5. The summed E-state index contributed by atoms with van der Waals surface area (Å²) >= 11 is 0. The molecule has 37 heavy (non-hydrogen) atoms. The van der Waals surface area contributed by atoms with Gasteiger partial charge in [0.2, 0.25) is 5.91 Å². The van der Waals surface area contributed by atoms with Crippen LogP contribution in [0.4, 0.5) is 5.82 Å². The summed E-state index contributed by atoms with van der Waals surface area (Å²) in [4.78, 5) is 24.1. The van der Waals surface area contributed by atoms with E-state index in [4.69, 9.17) is 4.98 Å². The van der Waals surface area contributed by atoms with Gasteiger partial charge in [-0.2, -0.15) is 9.61 Å². The molecule has 1 aliphatic heterocycles. The van der Waals surface area contributed by atoms with Crippen molar-refractivity contribution in [3.05, 3.63) is 78.4 Å². The standard InChI is InChI=1S/C26H29BN6O3S/c27-22-17-30-33-24(29-16-19-6-4-11-28-15-19)14-23(31-26(22)33)20-7-5-12-32(18-20)25(34)10-13-37(35,36)21-8-2-1-3-9-21/h1-4,6,8-9,11,14-15,17,20,29H,5,7,10,12-13,16,18,27H2. The molecule has 1 unspecified atom stereocenters. The van der Waals surface area contributed by atoms with Crippen LogP contribution >= 0.6 is 0 Å². The van der Waals surface area contributed by atoms with Gasteiger partial charge in [-0.05, 0) is 42.1 Å². The summed E-state index contributed by atoms with van der Waals surface area (Å²) in [6.07, 6.45) is 7.08. The van der Waals surface area contributed by atoms with Crippen LogP contribution in [0.25, 0.3) is 5.65 Å². The first-order valence-corrected chi connectivity index (χ1v) is 14.1. The van der Waals surface area contributed by atoms with Gasteiger partial charge in [0.25, 0.3) is 0 Å². The predicted molar refractivity (Wildman–Crippen MR) is 144 cm³/mol. The molecule has 1 N–H and O–H groups in total. The fourth-order valence-electron chi connectivity index (χ4n) is 4.69. The second-order valence-electron chi connectivity index (χ2n) is 9.40. The molecule has 0 spiro atoms. The summed E-state index contributed by atoms with van der Waals surface area (Å²) in [5.41, 5.74) is 3.71. The average Bonchev–Trinajstić information content (AvgIpc) is 3.32. The third-order valence-electron chi connectivity index (χ3n) is 6.74. The number of fused-ring (bicyclic) bond motifs is 1. The molecule has 1 saturated heterocycles. The molecule has 1 fully saturated rings. The van der Waals surface area contributed by atoms with Crippen molar-refractivity contribution in [2.75, 3.05) is 24.2 Å². The van der Waals surface area contributed by atoms with E-state index in [1.54, 1.807) is 52.1 Å². The van der Waals surface area contributed by atoms with Crippen LogP contribution in [0.5, 0.6) is 0 Å². The number of nitrogens with one attached hydrogen (secondary N) is 1.